The maximum absolute atomic E-state index is 12.3. The molecule has 2 rings (SSSR count). The number of carboxylic acids is 1. The van der Waals surface area contributed by atoms with Crippen LogP contribution in [-0.4, -0.2) is 28.6 Å². The smallest absolute Gasteiger partial charge is 0.319 e. The van der Waals surface area contributed by atoms with Gasteiger partial charge in [0.2, 0.25) is 5.91 Å². The zero-order valence-corrected chi connectivity index (χ0v) is 10.1. The molecule has 1 fully saturated rings. The molecule has 0 bridgehead atoms. The molecule has 1 aromatic rings. The largest absolute Gasteiger partial charge is 0.508 e. The molecule has 0 radical (unpaired) electrons. The fourth-order valence-corrected chi connectivity index (χ4v) is 2.01. The van der Waals surface area contributed by atoms with Gasteiger partial charge in [-0.2, -0.15) is 0 Å². The molecule has 0 unspecified atom stereocenters. The summed E-state index contributed by atoms with van der Waals surface area (Å²) < 4.78 is 0. The van der Waals surface area contributed by atoms with Gasteiger partial charge in [0.1, 0.15) is 11.2 Å². The summed E-state index contributed by atoms with van der Waals surface area (Å²) in [4.78, 5) is 24.8. The van der Waals surface area contributed by atoms with Gasteiger partial charge in [0.15, 0.2) is 0 Å². The van der Waals surface area contributed by atoms with Crippen molar-refractivity contribution in [2.75, 3.05) is 11.4 Å². The molecule has 1 aliphatic carbocycles. The lowest BCUT2D eigenvalue weighted by Gasteiger charge is -2.24. The van der Waals surface area contributed by atoms with Crippen molar-refractivity contribution < 1.29 is 19.8 Å². The highest BCUT2D eigenvalue weighted by molar-refractivity contribution is 6.12. The second-order valence-electron chi connectivity index (χ2n) is 4.46. The summed E-state index contributed by atoms with van der Waals surface area (Å²) in [5.74, 6) is -1.41. The minimum Gasteiger partial charge on any atom is -0.508 e. The van der Waals surface area contributed by atoms with E-state index in [9.17, 15) is 14.7 Å². The molecule has 2 N–H and O–H groups in total. The van der Waals surface area contributed by atoms with Gasteiger partial charge in [-0.3, -0.25) is 9.59 Å². The van der Waals surface area contributed by atoms with E-state index in [0.29, 0.717) is 25.1 Å². The number of phenols is 1. The van der Waals surface area contributed by atoms with Crippen LogP contribution in [0.15, 0.2) is 24.3 Å². The molecule has 96 valence electrons. The third-order valence-electron chi connectivity index (χ3n) is 3.27. The van der Waals surface area contributed by atoms with Crippen molar-refractivity contribution in [3.63, 3.8) is 0 Å². The van der Waals surface area contributed by atoms with Crippen LogP contribution in [0, 0.1) is 5.41 Å². The predicted molar refractivity (Wildman–Crippen MR) is 65.4 cm³/mol. The van der Waals surface area contributed by atoms with Crippen molar-refractivity contribution in [3.05, 3.63) is 24.3 Å². The fourth-order valence-electron chi connectivity index (χ4n) is 2.01. The van der Waals surface area contributed by atoms with Crippen molar-refractivity contribution in [1.82, 2.24) is 0 Å². The molecule has 1 aliphatic rings. The van der Waals surface area contributed by atoms with Gasteiger partial charge in [0.05, 0.1) is 0 Å². The topological polar surface area (TPSA) is 77.8 Å². The summed E-state index contributed by atoms with van der Waals surface area (Å²) >= 11 is 0. The van der Waals surface area contributed by atoms with Crippen LogP contribution >= 0.6 is 0 Å². The Kier molecular flexibility index (Phi) is 2.98. The molecule has 1 aromatic carbocycles. The van der Waals surface area contributed by atoms with E-state index in [1.807, 2.05) is 0 Å². The minimum atomic E-state index is -1.25. The number of aliphatic carboxylic acids is 1. The first-order valence-corrected chi connectivity index (χ1v) is 5.85. The first-order chi connectivity index (χ1) is 8.51. The molecule has 5 heteroatoms. The van der Waals surface area contributed by atoms with E-state index < -0.39 is 17.3 Å². The number of benzene rings is 1. The highest BCUT2D eigenvalue weighted by atomic mass is 16.4. The van der Waals surface area contributed by atoms with Gasteiger partial charge >= 0.3 is 5.97 Å². The van der Waals surface area contributed by atoms with Gasteiger partial charge in [-0.05, 0) is 31.9 Å². The van der Waals surface area contributed by atoms with Crippen molar-refractivity contribution >= 4 is 17.6 Å². The summed E-state index contributed by atoms with van der Waals surface area (Å²) in [6.07, 6.45) is 0.771. The third-order valence-corrected chi connectivity index (χ3v) is 3.27. The van der Waals surface area contributed by atoms with E-state index >= 15 is 0 Å². The number of hydrogen-bond donors (Lipinski definition) is 2. The molecule has 0 spiro atoms. The molecular formula is C13H15NO4. The number of nitrogens with zero attached hydrogens (tertiary/aromatic N) is 1. The molecule has 0 saturated heterocycles. The lowest BCUT2D eigenvalue weighted by atomic mass is 10.1. The Labute approximate surface area is 105 Å². The summed E-state index contributed by atoms with van der Waals surface area (Å²) in [5, 5.41) is 18.5. The van der Waals surface area contributed by atoms with E-state index in [-0.39, 0.29) is 5.75 Å². The Bertz CT molecular complexity index is 494. The van der Waals surface area contributed by atoms with E-state index in [2.05, 4.69) is 0 Å². The zero-order valence-electron chi connectivity index (χ0n) is 10.1. The first-order valence-electron chi connectivity index (χ1n) is 5.85. The van der Waals surface area contributed by atoms with E-state index in [1.165, 1.54) is 17.0 Å². The average Bonchev–Trinajstić information content (AvgIpc) is 3.11. The molecule has 18 heavy (non-hydrogen) atoms. The van der Waals surface area contributed by atoms with Crippen LogP contribution in [0.4, 0.5) is 5.69 Å². The molecule has 0 atom stereocenters. The maximum Gasteiger partial charge on any atom is 0.319 e. The first kappa shape index (κ1) is 12.4. The number of carbonyl (C=O) groups is 2. The molecule has 1 saturated carbocycles. The summed E-state index contributed by atoms with van der Waals surface area (Å²) in [7, 11) is 0. The van der Waals surface area contributed by atoms with Gasteiger partial charge in [-0.25, -0.2) is 0 Å². The molecule has 5 nitrogen and oxygen atoms in total. The van der Waals surface area contributed by atoms with Crippen molar-refractivity contribution in [3.8, 4) is 5.75 Å². The second-order valence-corrected chi connectivity index (χ2v) is 4.46. The molecule has 1 amide bonds. The van der Waals surface area contributed by atoms with Crippen molar-refractivity contribution in [1.29, 1.82) is 0 Å². The quantitative estimate of drug-likeness (QED) is 0.795. The van der Waals surface area contributed by atoms with Gasteiger partial charge in [0.25, 0.3) is 0 Å². The van der Waals surface area contributed by atoms with E-state index in [4.69, 9.17) is 5.11 Å². The van der Waals surface area contributed by atoms with Gasteiger partial charge in [0, 0.05) is 18.3 Å². The number of carboxylic acid groups (broad SMARTS) is 1. The standard InChI is InChI=1S/C13H15NO4/c1-2-14(9-4-3-5-10(15)8-9)11(16)13(6-7-13)12(17)18/h3-5,8,15H,2,6-7H2,1H3,(H,17,18). The number of anilines is 1. The molecule has 0 heterocycles. The van der Waals surface area contributed by atoms with Gasteiger partial charge in [-0.1, -0.05) is 6.07 Å². The Morgan fingerprint density at radius 1 is 1.39 bits per heavy atom. The fraction of sp³-hybridized carbons (Fsp3) is 0.385. The van der Waals surface area contributed by atoms with Gasteiger partial charge in [-0.15, -0.1) is 0 Å². The SMILES string of the molecule is CCN(C(=O)C1(C(=O)O)CC1)c1cccc(O)c1. The summed E-state index contributed by atoms with van der Waals surface area (Å²) in [5.41, 5.74) is -0.725. The highest BCUT2D eigenvalue weighted by Gasteiger charge is 2.58. The van der Waals surface area contributed by atoms with Crippen molar-refractivity contribution in [2.45, 2.75) is 19.8 Å². The Hall–Kier alpha value is -2.04. The average molecular weight is 249 g/mol. The monoisotopic (exact) mass is 249 g/mol. The Morgan fingerprint density at radius 2 is 2.06 bits per heavy atom. The Morgan fingerprint density at radius 3 is 2.50 bits per heavy atom. The molecule has 0 aliphatic heterocycles. The van der Waals surface area contributed by atoms with E-state index in [0.717, 1.165) is 0 Å². The molecular weight excluding hydrogens is 234 g/mol. The number of carbonyl (C=O) groups excluding carboxylic acids is 1. The highest BCUT2D eigenvalue weighted by Crippen LogP contribution is 2.48. The zero-order chi connectivity index (χ0) is 13.3. The number of amides is 1. The van der Waals surface area contributed by atoms with Crippen LogP contribution in [0.5, 0.6) is 5.75 Å². The van der Waals surface area contributed by atoms with Crippen LogP contribution in [0.3, 0.4) is 0 Å². The van der Waals surface area contributed by atoms with Crippen molar-refractivity contribution in [2.24, 2.45) is 5.41 Å². The van der Waals surface area contributed by atoms with Gasteiger partial charge < -0.3 is 15.1 Å². The lowest BCUT2D eigenvalue weighted by Crippen LogP contribution is -2.41. The van der Waals surface area contributed by atoms with Crippen LogP contribution in [0.2, 0.25) is 0 Å². The number of rotatable bonds is 4. The maximum atomic E-state index is 12.3. The van der Waals surface area contributed by atoms with Crippen LogP contribution < -0.4 is 4.90 Å². The van der Waals surface area contributed by atoms with Crippen LogP contribution in [0.25, 0.3) is 0 Å². The Balaban J connectivity index is 2.30. The number of hydrogen-bond acceptors (Lipinski definition) is 3. The minimum absolute atomic E-state index is 0.0546. The third kappa shape index (κ3) is 1.92. The summed E-state index contributed by atoms with van der Waals surface area (Å²) in [6.45, 7) is 2.15. The van der Waals surface area contributed by atoms with E-state index in [1.54, 1.807) is 19.1 Å². The molecule has 0 aromatic heterocycles. The normalized spacial score (nSPS) is 16.1. The lowest BCUT2D eigenvalue weighted by molar-refractivity contribution is -0.148. The number of aromatic hydroxyl groups is 1. The number of phenolic OH excluding ortho intramolecular Hbond substituents is 1. The van der Waals surface area contributed by atoms with Crippen LogP contribution in [-0.2, 0) is 9.59 Å². The van der Waals surface area contributed by atoms with Crippen LogP contribution in [0.1, 0.15) is 19.8 Å². The summed E-state index contributed by atoms with van der Waals surface area (Å²) in [6, 6.07) is 6.27. The second kappa shape index (κ2) is 4.33. The predicted octanol–water partition coefficient (Wildman–Crippen LogP) is 1.61.